The second-order valence-corrected chi connectivity index (χ2v) is 12.4. The fourth-order valence-corrected chi connectivity index (χ4v) is 6.72. The summed E-state index contributed by atoms with van der Waals surface area (Å²) in [6.45, 7) is 1.19. The molecule has 4 rings (SSSR count). The first-order valence-corrected chi connectivity index (χ1v) is 13.7. The molecule has 1 fully saturated rings. The third-order valence-corrected chi connectivity index (χ3v) is 9.02. The zero-order valence-corrected chi connectivity index (χ0v) is 22.2. The quantitative estimate of drug-likeness (QED) is 0.382. The van der Waals surface area contributed by atoms with Crippen LogP contribution in [0.15, 0.2) is 52.7 Å². The Kier molecular flexibility index (Phi) is 7.47. The van der Waals surface area contributed by atoms with E-state index in [0.29, 0.717) is 25.1 Å². The normalized spacial score (nSPS) is 16.8. The minimum atomic E-state index is -4.64. The highest BCUT2D eigenvalue weighted by Gasteiger charge is 2.36. The highest BCUT2D eigenvalue weighted by molar-refractivity contribution is 7.94. The first-order valence-electron chi connectivity index (χ1n) is 11.0. The van der Waals surface area contributed by atoms with Crippen LogP contribution in [-0.4, -0.2) is 53.7 Å². The number of hydrogen-bond acceptors (Lipinski definition) is 6. The fraction of sp³-hybridized carbons (Fsp3) is 0.333. The van der Waals surface area contributed by atoms with Crippen molar-refractivity contribution in [1.82, 2.24) is 4.90 Å². The van der Waals surface area contributed by atoms with Crippen LogP contribution >= 0.6 is 22.9 Å². The standard InChI is InChI=1S/C24H25ClF3N3O3S2/c1-30(2)17-7-4-15(5-8-17)19-13-22(35-23(19)25)36(32,33)29-16-6-9-20(24(26,27)28)21(12-16)34-18-10-11-31(3)14-18/h4-9,12-13,18,29H,10-11,14H2,1-3H3. The van der Waals surface area contributed by atoms with E-state index in [1.807, 2.05) is 55.2 Å². The summed E-state index contributed by atoms with van der Waals surface area (Å²) in [6.07, 6.45) is -4.48. The lowest BCUT2D eigenvalue weighted by molar-refractivity contribution is -0.139. The van der Waals surface area contributed by atoms with Gasteiger partial charge in [0.25, 0.3) is 10.0 Å². The van der Waals surface area contributed by atoms with Gasteiger partial charge < -0.3 is 14.5 Å². The molecule has 0 aliphatic carbocycles. The largest absolute Gasteiger partial charge is 0.488 e. The lowest BCUT2D eigenvalue weighted by atomic mass is 10.1. The number of hydrogen-bond donors (Lipinski definition) is 1. The molecule has 2 aromatic carbocycles. The van der Waals surface area contributed by atoms with E-state index in [9.17, 15) is 21.6 Å². The molecule has 0 amide bonds. The first-order chi connectivity index (χ1) is 16.8. The number of sulfonamides is 1. The van der Waals surface area contributed by atoms with Gasteiger partial charge in [-0.25, -0.2) is 8.42 Å². The Morgan fingerprint density at radius 1 is 1.14 bits per heavy atom. The van der Waals surface area contributed by atoms with Crippen molar-refractivity contribution in [3.05, 3.63) is 58.4 Å². The highest BCUT2D eigenvalue weighted by Crippen LogP contribution is 2.41. The van der Waals surface area contributed by atoms with Crippen molar-refractivity contribution in [3.8, 4) is 16.9 Å². The molecule has 0 bridgehead atoms. The zero-order chi connectivity index (χ0) is 26.3. The molecular weight excluding hydrogens is 535 g/mol. The molecule has 2 heterocycles. The summed E-state index contributed by atoms with van der Waals surface area (Å²) in [5, 5.41) is 0. The molecule has 36 heavy (non-hydrogen) atoms. The molecule has 1 aliphatic rings. The van der Waals surface area contributed by atoms with E-state index in [1.54, 1.807) is 0 Å². The molecule has 1 N–H and O–H groups in total. The number of likely N-dealkylation sites (tertiary alicyclic amines) is 1. The lowest BCUT2D eigenvalue weighted by Gasteiger charge is -2.19. The average molecular weight is 560 g/mol. The van der Waals surface area contributed by atoms with Gasteiger partial charge in [-0.2, -0.15) is 13.2 Å². The Balaban J connectivity index is 1.60. The van der Waals surface area contributed by atoms with Crippen molar-refractivity contribution in [1.29, 1.82) is 0 Å². The molecule has 194 valence electrons. The smallest absolute Gasteiger partial charge is 0.419 e. The van der Waals surface area contributed by atoms with Crippen LogP contribution in [0.4, 0.5) is 24.5 Å². The van der Waals surface area contributed by atoms with Gasteiger partial charge in [0.05, 0.1) is 11.3 Å². The summed E-state index contributed by atoms with van der Waals surface area (Å²) >= 11 is 7.23. The average Bonchev–Trinajstić information content (AvgIpc) is 3.38. The maximum Gasteiger partial charge on any atom is 0.419 e. The summed E-state index contributed by atoms with van der Waals surface area (Å²) in [4.78, 5) is 3.89. The molecule has 1 saturated heterocycles. The van der Waals surface area contributed by atoms with Gasteiger partial charge in [-0.15, -0.1) is 11.3 Å². The second-order valence-electron chi connectivity index (χ2n) is 8.80. The van der Waals surface area contributed by atoms with Crippen molar-refractivity contribution in [2.75, 3.05) is 43.9 Å². The zero-order valence-electron chi connectivity index (χ0n) is 19.8. The van der Waals surface area contributed by atoms with Crippen molar-refractivity contribution >= 4 is 44.3 Å². The Bertz CT molecular complexity index is 1340. The number of likely N-dealkylation sites (N-methyl/N-ethyl adjacent to an activating group) is 1. The summed E-state index contributed by atoms with van der Waals surface area (Å²) in [6, 6.07) is 11.9. The number of ether oxygens (including phenoxy) is 1. The Morgan fingerprint density at radius 3 is 2.42 bits per heavy atom. The summed E-state index contributed by atoms with van der Waals surface area (Å²) in [7, 11) is 1.56. The molecule has 1 unspecified atom stereocenters. The van der Waals surface area contributed by atoms with E-state index >= 15 is 0 Å². The Morgan fingerprint density at radius 2 is 1.83 bits per heavy atom. The minimum absolute atomic E-state index is 0.0363. The van der Waals surface area contributed by atoms with Crippen LogP contribution in [0.1, 0.15) is 12.0 Å². The van der Waals surface area contributed by atoms with Gasteiger partial charge in [0.15, 0.2) is 0 Å². The lowest BCUT2D eigenvalue weighted by Crippen LogP contribution is -2.23. The van der Waals surface area contributed by atoms with Crippen LogP contribution in [0.2, 0.25) is 4.34 Å². The van der Waals surface area contributed by atoms with E-state index < -0.39 is 33.6 Å². The van der Waals surface area contributed by atoms with Crippen LogP contribution in [0, 0.1) is 0 Å². The molecule has 0 saturated carbocycles. The van der Waals surface area contributed by atoms with Gasteiger partial charge in [-0.3, -0.25) is 4.72 Å². The summed E-state index contributed by atoms with van der Waals surface area (Å²) < 4.78 is 75.1. The molecule has 1 aromatic heterocycles. The Labute approximate surface area is 217 Å². The molecule has 1 aliphatic heterocycles. The van der Waals surface area contributed by atoms with E-state index in [-0.39, 0.29) is 14.2 Å². The molecule has 1 atom stereocenters. The molecule has 12 heteroatoms. The predicted molar refractivity (Wildman–Crippen MR) is 138 cm³/mol. The number of nitrogens with one attached hydrogen (secondary N) is 1. The number of nitrogens with zero attached hydrogens (tertiary/aromatic N) is 2. The van der Waals surface area contributed by atoms with Crippen LogP contribution in [0.5, 0.6) is 5.75 Å². The van der Waals surface area contributed by atoms with Gasteiger partial charge in [0.2, 0.25) is 0 Å². The monoisotopic (exact) mass is 559 g/mol. The van der Waals surface area contributed by atoms with Crippen LogP contribution in [-0.2, 0) is 16.2 Å². The number of anilines is 2. The molecule has 0 radical (unpaired) electrons. The topological polar surface area (TPSA) is 61.9 Å². The molecular formula is C24H25ClF3N3O3S2. The van der Waals surface area contributed by atoms with Crippen molar-refractivity contribution in [3.63, 3.8) is 0 Å². The molecule has 6 nitrogen and oxygen atoms in total. The van der Waals surface area contributed by atoms with Gasteiger partial charge >= 0.3 is 6.18 Å². The summed E-state index contributed by atoms with van der Waals surface area (Å²) in [5.41, 5.74) is 1.28. The maximum absolute atomic E-state index is 13.6. The number of alkyl halides is 3. The third kappa shape index (κ3) is 5.91. The van der Waals surface area contributed by atoms with Gasteiger partial charge in [-0.05, 0) is 49.4 Å². The predicted octanol–water partition coefficient (Wildman–Crippen LogP) is 6.04. The van der Waals surface area contributed by atoms with Crippen molar-refractivity contribution in [2.24, 2.45) is 0 Å². The van der Waals surface area contributed by atoms with Crippen LogP contribution in [0.25, 0.3) is 11.1 Å². The second kappa shape index (κ2) is 10.1. The number of halogens is 4. The number of rotatable bonds is 7. The van der Waals surface area contributed by atoms with Gasteiger partial charge in [0, 0.05) is 44.5 Å². The van der Waals surface area contributed by atoms with Gasteiger partial charge in [-0.1, -0.05) is 23.7 Å². The fourth-order valence-electron chi connectivity index (χ4n) is 3.91. The Hall–Kier alpha value is -2.47. The number of benzene rings is 2. The van der Waals surface area contributed by atoms with Crippen molar-refractivity contribution < 1.29 is 26.3 Å². The van der Waals surface area contributed by atoms with E-state index in [4.69, 9.17) is 16.3 Å². The molecule has 3 aromatic rings. The SMILES string of the molecule is CN1CCC(Oc2cc(NS(=O)(=O)c3cc(-c4ccc(N(C)C)cc4)c(Cl)s3)ccc2C(F)(F)F)C1. The van der Waals surface area contributed by atoms with Gasteiger partial charge in [0.1, 0.15) is 20.4 Å². The van der Waals surface area contributed by atoms with E-state index in [2.05, 4.69) is 4.72 Å². The third-order valence-electron chi connectivity index (χ3n) is 5.80. The minimum Gasteiger partial charge on any atom is -0.488 e. The van der Waals surface area contributed by atoms with E-state index in [0.717, 1.165) is 40.8 Å². The van der Waals surface area contributed by atoms with Crippen LogP contribution in [0.3, 0.4) is 0 Å². The van der Waals surface area contributed by atoms with E-state index in [1.165, 1.54) is 6.07 Å². The van der Waals surface area contributed by atoms with Crippen molar-refractivity contribution in [2.45, 2.75) is 22.9 Å². The number of thiophene rings is 1. The molecule has 0 spiro atoms. The maximum atomic E-state index is 13.6. The van der Waals surface area contributed by atoms with Crippen LogP contribution < -0.4 is 14.4 Å². The summed E-state index contributed by atoms with van der Waals surface area (Å²) in [5.74, 6) is -0.408. The highest BCUT2D eigenvalue weighted by atomic mass is 35.5. The first kappa shape index (κ1) is 26.6.